The minimum Gasteiger partial charge on any atom is -0.756 e. The van der Waals surface area contributed by atoms with Crippen molar-refractivity contribution in [3.63, 3.8) is 0 Å². The van der Waals surface area contributed by atoms with Gasteiger partial charge in [-0.1, -0.05) is 113 Å². The summed E-state index contributed by atoms with van der Waals surface area (Å²) in [5.74, 6) is -0.930. The van der Waals surface area contributed by atoms with Crippen molar-refractivity contribution in [1.29, 1.82) is 0 Å². The number of phosphoric acid groups is 1. The molecular formula is C44H78NO9P. The number of allylic oxidation sites excluding steroid dienone is 10. The number of hydrogen-bond acceptors (Lipinski definition) is 9. The van der Waals surface area contributed by atoms with Crippen molar-refractivity contribution in [1.82, 2.24) is 0 Å². The van der Waals surface area contributed by atoms with Crippen LogP contribution in [0.2, 0.25) is 0 Å². The molecule has 0 radical (unpaired) electrons. The zero-order valence-electron chi connectivity index (χ0n) is 35.1. The van der Waals surface area contributed by atoms with Gasteiger partial charge in [0, 0.05) is 19.4 Å². The summed E-state index contributed by atoms with van der Waals surface area (Å²) in [6.45, 7) is 2.12. The fourth-order valence-corrected chi connectivity index (χ4v) is 5.94. The second-order valence-corrected chi connectivity index (χ2v) is 16.5. The zero-order valence-corrected chi connectivity index (χ0v) is 35.9. The van der Waals surface area contributed by atoms with Crippen LogP contribution >= 0.6 is 7.82 Å². The van der Waals surface area contributed by atoms with E-state index in [0.29, 0.717) is 23.9 Å². The van der Waals surface area contributed by atoms with E-state index in [1.165, 1.54) is 25.7 Å². The van der Waals surface area contributed by atoms with Crippen LogP contribution in [0.25, 0.3) is 0 Å². The number of carbonyl (C=O) groups excluding carboxylic acids is 2. The summed E-state index contributed by atoms with van der Waals surface area (Å²) in [4.78, 5) is 37.4. The van der Waals surface area contributed by atoms with Gasteiger partial charge in [0.05, 0.1) is 27.7 Å². The highest BCUT2D eigenvalue weighted by molar-refractivity contribution is 7.45. The lowest BCUT2D eigenvalue weighted by atomic mass is 10.1. The molecule has 0 aliphatic rings. The van der Waals surface area contributed by atoms with Crippen molar-refractivity contribution in [3.8, 4) is 0 Å². The van der Waals surface area contributed by atoms with Gasteiger partial charge in [0.1, 0.15) is 19.8 Å². The van der Waals surface area contributed by atoms with Crippen LogP contribution in [0.4, 0.5) is 0 Å². The molecule has 0 rings (SSSR count). The average molecular weight is 796 g/mol. The van der Waals surface area contributed by atoms with E-state index in [9.17, 15) is 19.0 Å². The van der Waals surface area contributed by atoms with Gasteiger partial charge in [-0.2, -0.15) is 0 Å². The van der Waals surface area contributed by atoms with Crippen molar-refractivity contribution in [2.45, 2.75) is 154 Å². The molecule has 0 amide bonds. The van der Waals surface area contributed by atoms with Crippen molar-refractivity contribution >= 4 is 19.8 Å². The van der Waals surface area contributed by atoms with E-state index in [-0.39, 0.29) is 32.7 Å². The van der Waals surface area contributed by atoms with E-state index in [2.05, 4.69) is 61.6 Å². The second-order valence-electron chi connectivity index (χ2n) is 15.1. The number of ether oxygens (including phenoxy) is 2. The van der Waals surface area contributed by atoms with Gasteiger partial charge in [-0.3, -0.25) is 14.2 Å². The standard InChI is InChI=1S/C44H78NO9P/c1-5-6-7-8-9-10-11-17-21-24-27-30-33-36-44(48)54-42(41-53-55(49,50)52-39-37-45(2,3)4)40-51-43(47)35-32-29-26-23-20-18-15-13-12-14-16-19-22-25-28-31-34-38-46/h10-12,14-15,18-19,22-23,26,42,46H,5-9,13,16-17,20-21,24-25,27-41H2,1-4H3/b11-10-,14-12-,18-15-,22-19-,26-23-/t42-/m1/s1. The van der Waals surface area contributed by atoms with Crippen LogP contribution in [0.15, 0.2) is 60.8 Å². The average Bonchev–Trinajstić information content (AvgIpc) is 3.13. The molecule has 55 heavy (non-hydrogen) atoms. The second kappa shape index (κ2) is 37.3. The van der Waals surface area contributed by atoms with Crippen molar-refractivity contribution < 1.29 is 47.2 Å². The predicted molar refractivity (Wildman–Crippen MR) is 223 cm³/mol. The maximum Gasteiger partial charge on any atom is 0.306 e. The Morgan fingerprint density at radius 2 is 1.09 bits per heavy atom. The van der Waals surface area contributed by atoms with Crippen molar-refractivity contribution in [2.75, 3.05) is 54.1 Å². The van der Waals surface area contributed by atoms with Gasteiger partial charge in [0.15, 0.2) is 6.10 Å². The number of hydrogen-bond donors (Lipinski definition) is 1. The summed E-state index contributed by atoms with van der Waals surface area (Å²) in [7, 11) is 1.11. The number of unbranched alkanes of at least 4 members (excludes halogenated alkanes) is 13. The van der Waals surface area contributed by atoms with E-state index >= 15 is 0 Å². The molecule has 0 aliphatic heterocycles. The molecule has 0 bridgehead atoms. The number of phosphoric ester groups is 1. The van der Waals surface area contributed by atoms with Crippen LogP contribution in [0, 0.1) is 0 Å². The number of esters is 2. The van der Waals surface area contributed by atoms with Gasteiger partial charge in [-0.15, -0.1) is 0 Å². The molecule has 0 spiro atoms. The molecule has 318 valence electrons. The maximum absolute atomic E-state index is 12.6. The number of likely N-dealkylation sites (N-methyl/N-ethyl adjacent to an activating group) is 1. The first-order chi connectivity index (χ1) is 26.5. The Morgan fingerprint density at radius 1 is 0.618 bits per heavy atom. The van der Waals surface area contributed by atoms with E-state index in [1.807, 2.05) is 27.2 Å². The molecular weight excluding hydrogens is 717 g/mol. The van der Waals surface area contributed by atoms with Gasteiger partial charge in [0.25, 0.3) is 7.82 Å². The van der Waals surface area contributed by atoms with Crippen LogP contribution in [-0.4, -0.2) is 81.7 Å². The van der Waals surface area contributed by atoms with Gasteiger partial charge in [-0.25, -0.2) is 0 Å². The third-order valence-corrected chi connectivity index (χ3v) is 9.53. The summed E-state index contributed by atoms with van der Waals surface area (Å²) in [5.41, 5.74) is 0. The Hall–Kier alpha value is -2.33. The maximum atomic E-state index is 12.6. The summed E-state index contributed by atoms with van der Waals surface area (Å²) in [5, 5.41) is 8.79. The lowest BCUT2D eigenvalue weighted by molar-refractivity contribution is -0.870. The molecule has 0 fully saturated rings. The summed E-state index contributed by atoms with van der Waals surface area (Å²) in [6, 6.07) is 0. The van der Waals surface area contributed by atoms with Gasteiger partial charge in [0.2, 0.25) is 0 Å². The van der Waals surface area contributed by atoms with Gasteiger partial charge in [-0.05, 0) is 83.5 Å². The quantitative estimate of drug-likeness (QED) is 0.0213. The smallest absolute Gasteiger partial charge is 0.306 e. The van der Waals surface area contributed by atoms with Crippen molar-refractivity contribution in [3.05, 3.63) is 60.8 Å². The molecule has 0 aromatic heterocycles. The van der Waals surface area contributed by atoms with Crippen molar-refractivity contribution in [2.24, 2.45) is 0 Å². The van der Waals surface area contributed by atoms with Crippen LogP contribution in [-0.2, 0) is 32.7 Å². The van der Waals surface area contributed by atoms with Crippen LogP contribution < -0.4 is 4.89 Å². The Kier molecular flexibility index (Phi) is 35.7. The summed E-state index contributed by atoms with van der Waals surface area (Å²) < 4.78 is 33.7. The van der Waals surface area contributed by atoms with Crippen LogP contribution in [0.3, 0.4) is 0 Å². The molecule has 1 unspecified atom stereocenters. The monoisotopic (exact) mass is 796 g/mol. The van der Waals surface area contributed by atoms with Gasteiger partial charge < -0.3 is 33.0 Å². The summed E-state index contributed by atoms with van der Waals surface area (Å²) >= 11 is 0. The van der Waals surface area contributed by atoms with E-state index < -0.39 is 32.5 Å². The number of aliphatic hydroxyl groups excluding tert-OH is 1. The molecule has 0 saturated carbocycles. The number of carbonyl (C=O) groups is 2. The number of aliphatic hydroxyl groups is 1. The summed E-state index contributed by atoms with van der Waals surface area (Å²) in [6.07, 6.45) is 41.2. The van der Waals surface area contributed by atoms with E-state index in [4.69, 9.17) is 23.6 Å². The first kappa shape index (κ1) is 52.7. The lowest BCUT2D eigenvalue weighted by Gasteiger charge is -2.28. The fourth-order valence-electron chi connectivity index (χ4n) is 5.21. The lowest BCUT2D eigenvalue weighted by Crippen LogP contribution is -2.37. The topological polar surface area (TPSA) is 131 Å². The Morgan fingerprint density at radius 3 is 1.65 bits per heavy atom. The first-order valence-electron chi connectivity index (χ1n) is 21.1. The Bertz CT molecular complexity index is 1130. The first-order valence-corrected chi connectivity index (χ1v) is 22.6. The molecule has 1 N–H and O–H groups in total. The molecule has 0 saturated heterocycles. The van der Waals surface area contributed by atoms with Crippen LogP contribution in [0.5, 0.6) is 0 Å². The molecule has 0 heterocycles. The Balaban J connectivity index is 4.49. The Labute approximate surface area is 335 Å². The highest BCUT2D eigenvalue weighted by Gasteiger charge is 2.21. The third kappa shape index (κ3) is 41.1. The highest BCUT2D eigenvalue weighted by Crippen LogP contribution is 2.38. The zero-order chi connectivity index (χ0) is 40.7. The molecule has 0 aliphatic carbocycles. The molecule has 10 nitrogen and oxygen atoms in total. The third-order valence-electron chi connectivity index (χ3n) is 8.56. The fraction of sp³-hybridized carbons (Fsp3) is 0.727. The SMILES string of the molecule is CCCCCC/C=C\CCCCCCCC(=O)O[C@H](COC(=O)CCC/C=C\C/C=C\C/C=C\C/C=C\CCCCCO)COP(=O)([O-])OCC[N+](C)(C)C. The highest BCUT2D eigenvalue weighted by atomic mass is 31.2. The molecule has 0 aromatic rings. The minimum atomic E-state index is -4.64. The number of quaternary nitrogens is 1. The largest absolute Gasteiger partial charge is 0.756 e. The predicted octanol–water partition coefficient (Wildman–Crippen LogP) is 10.0. The van der Waals surface area contributed by atoms with E-state index in [0.717, 1.165) is 89.9 Å². The molecule has 2 atom stereocenters. The number of rotatable bonds is 38. The molecule has 11 heteroatoms. The van der Waals surface area contributed by atoms with Crippen LogP contribution in [0.1, 0.15) is 148 Å². The number of nitrogens with zero attached hydrogens (tertiary/aromatic N) is 1. The minimum absolute atomic E-state index is 0.0479. The van der Waals surface area contributed by atoms with E-state index in [1.54, 1.807) is 0 Å². The van der Waals surface area contributed by atoms with Gasteiger partial charge >= 0.3 is 11.9 Å². The normalized spacial score (nSPS) is 14.2. The molecule has 0 aromatic carbocycles.